The van der Waals surface area contributed by atoms with Crippen LogP contribution in [0.25, 0.3) is 22.0 Å². The Kier molecular flexibility index (Phi) is 2.83. The van der Waals surface area contributed by atoms with Crippen LogP contribution in [-0.2, 0) is 7.05 Å². The molecule has 0 fully saturated rings. The van der Waals surface area contributed by atoms with E-state index in [1.807, 2.05) is 12.1 Å². The number of hydrogen-bond donors (Lipinski definition) is 1. The maximum atomic E-state index is 10.9. The molecule has 1 heterocycles. The Morgan fingerprint density at radius 1 is 1.00 bits per heavy atom. The van der Waals surface area contributed by atoms with Gasteiger partial charge in [-0.25, -0.2) is 4.79 Å². The van der Waals surface area contributed by atoms with Gasteiger partial charge < -0.3 is 9.67 Å². The number of aromatic carboxylic acids is 1. The van der Waals surface area contributed by atoms with E-state index in [1.165, 1.54) is 16.6 Å². The molecule has 0 spiro atoms. The third-order valence-electron chi connectivity index (χ3n) is 3.75. The predicted octanol–water partition coefficient (Wildman–Crippen LogP) is 3.85. The fourth-order valence-electron chi connectivity index (χ4n) is 2.47. The van der Waals surface area contributed by atoms with Gasteiger partial charge >= 0.3 is 5.97 Å². The third kappa shape index (κ3) is 1.97. The first kappa shape index (κ1) is 12.5. The number of carboxylic acid groups (broad SMARTS) is 1. The standard InChI is InChI=1S/C17H15NO2/c1-11-9-15-10-14(7-8-16(15)18(11)2)12-3-5-13(6-4-12)17(19)20/h3-10H,1-2H3,(H,19,20). The number of nitrogens with zero attached hydrogens (tertiary/aromatic N) is 1. The molecule has 0 atom stereocenters. The highest BCUT2D eigenvalue weighted by Gasteiger charge is 2.06. The topological polar surface area (TPSA) is 42.2 Å². The van der Waals surface area contributed by atoms with Crippen molar-refractivity contribution in [3.63, 3.8) is 0 Å². The summed E-state index contributed by atoms with van der Waals surface area (Å²) in [6.45, 7) is 2.08. The van der Waals surface area contributed by atoms with E-state index in [-0.39, 0.29) is 0 Å². The quantitative estimate of drug-likeness (QED) is 0.764. The minimum Gasteiger partial charge on any atom is -0.478 e. The van der Waals surface area contributed by atoms with Gasteiger partial charge in [-0.1, -0.05) is 18.2 Å². The molecule has 0 saturated heterocycles. The zero-order chi connectivity index (χ0) is 14.3. The van der Waals surface area contributed by atoms with Crippen molar-refractivity contribution in [2.75, 3.05) is 0 Å². The van der Waals surface area contributed by atoms with Crippen LogP contribution < -0.4 is 0 Å². The summed E-state index contributed by atoms with van der Waals surface area (Å²) in [7, 11) is 2.05. The normalized spacial score (nSPS) is 10.9. The van der Waals surface area contributed by atoms with Gasteiger partial charge in [-0.2, -0.15) is 0 Å². The summed E-state index contributed by atoms with van der Waals surface area (Å²) in [5.41, 5.74) is 4.86. The van der Waals surface area contributed by atoms with Crippen LogP contribution in [0.5, 0.6) is 0 Å². The maximum Gasteiger partial charge on any atom is 0.335 e. The van der Waals surface area contributed by atoms with Crippen molar-refractivity contribution in [2.24, 2.45) is 7.05 Å². The van der Waals surface area contributed by atoms with Crippen molar-refractivity contribution in [1.82, 2.24) is 4.57 Å². The second kappa shape index (κ2) is 4.53. The van der Waals surface area contributed by atoms with Crippen LogP contribution in [0.15, 0.2) is 48.5 Å². The summed E-state index contributed by atoms with van der Waals surface area (Å²) in [5, 5.41) is 10.1. The summed E-state index contributed by atoms with van der Waals surface area (Å²) in [6, 6.07) is 15.4. The Morgan fingerprint density at radius 3 is 2.30 bits per heavy atom. The molecule has 3 rings (SSSR count). The lowest BCUT2D eigenvalue weighted by Gasteiger charge is -2.04. The Morgan fingerprint density at radius 2 is 1.65 bits per heavy atom. The Labute approximate surface area is 117 Å². The number of carbonyl (C=O) groups is 1. The number of hydrogen-bond acceptors (Lipinski definition) is 1. The van der Waals surface area contributed by atoms with Crippen LogP contribution in [0.2, 0.25) is 0 Å². The Balaban J connectivity index is 2.07. The summed E-state index contributed by atoms with van der Waals surface area (Å²) in [5.74, 6) is -0.898. The van der Waals surface area contributed by atoms with E-state index in [0.717, 1.165) is 11.1 Å². The second-order valence-electron chi connectivity index (χ2n) is 5.00. The number of benzene rings is 2. The fraction of sp³-hybridized carbons (Fsp3) is 0.118. The molecule has 3 aromatic rings. The number of fused-ring (bicyclic) bond motifs is 1. The van der Waals surface area contributed by atoms with Crippen LogP contribution >= 0.6 is 0 Å². The molecule has 0 radical (unpaired) electrons. The van der Waals surface area contributed by atoms with Crippen LogP contribution in [0, 0.1) is 6.92 Å². The molecule has 0 aliphatic heterocycles. The summed E-state index contributed by atoms with van der Waals surface area (Å²) >= 11 is 0. The highest BCUT2D eigenvalue weighted by Crippen LogP contribution is 2.26. The zero-order valence-corrected chi connectivity index (χ0v) is 11.4. The minimum atomic E-state index is -0.898. The first-order valence-electron chi connectivity index (χ1n) is 6.46. The van der Waals surface area contributed by atoms with Gasteiger partial charge in [0.15, 0.2) is 0 Å². The van der Waals surface area contributed by atoms with Gasteiger partial charge in [0.05, 0.1) is 5.56 Å². The summed E-state index contributed by atoms with van der Waals surface area (Å²) < 4.78 is 2.16. The van der Waals surface area contributed by atoms with Gasteiger partial charge in [-0.15, -0.1) is 0 Å². The number of aromatic nitrogens is 1. The van der Waals surface area contributed by atoms with Crippen LogP contribution in [-0.4, -0.2) is 15.6 Å². The summed E-state index contributed by atoms with van der Waals surface area (Å²) in [6.07, 6.45) is 0. The van der Waals surface area contributed by atoms with Crippen molar-refractivity contribution in [3.05, 3.63) is 59.8 Å². The molecule has 0 unspecified atom stereocenters. The molecule has 3 nitrogen and oxygen atoms in total. The lowest BCUT2D eigenvalue weighted by Crippen LogP contribution is -1.94. The molecule has 0 saturated carbocycles. The van der Waals surface area contributed by atoms with E-state index in [9.17, 15) is 4.79 Å². The highest BCUT2D eigenvalue weighted by molar-refractivity contribution is 5.89. The largest absolute Gasteiger partial charge is 0.478 e. The van der Waals surface area contributed by atoms with Crippen molar-refractivity contribution in [3.8, 4) is 11.1 Å². The molecule has 0 amide bonds. The minimum absolute atomic E-state index is 0.311. The van der Waals surface area contributed by atoms with Gasteiger partial charge in [0, 0.05) is 23.6 Å². The monoisotopic (exact) mass is 265 g/mol. The average molecular weight is 265 g/mol. The first-order valence-corrected chi connectivity index (χ1v) is 6.46. The van der Waals surface area contributed by atoms with E-state index in [4.69, 9.17) is 5.11 Å². The molecule has 2 aromatic carbocycles. The zero-order valence-electron chi connectivity index (χ0n) is 11.4. The van der Waals surface area contributed by atoms with Crippen molar-refractivity contribution < 1.29 is 9.90 Å². The van der Waals surface area contributed by atoms with Gasteiger partial charge in [-0.05, 0) is 48.4 Å². The van der Waals surface area contributed by atoms with Crippen molar-refractivity contribution >= 4 is 16.9 Å². The Bertz CT molecular complexity index is 798. The van der Waals surface area contributed by atoms with Crippen molar-refractivity contribution in [1.29, 1.82) is 0 Å². The van der Waals surface area contributed by atoms with Crippen LogP contribution in [0.4, 0.5) is 0 Å². The molecular formula is C17H15NO2. The maximum absolute atomic E-state index is 10.9. The molecule has 1 aromatic heterocycles. The first-order chi connectivity index (χ1) is 9.56. The second-order valence-corrected chi connectivity index (χ2v) is 5.00. The SMILES string of the molecule is Cc1cc2cc(-c3ccc(C(=O)O)cc3)ccc2n1C. The molecule has 1 N–H and O–H groups in total. The molecule has 0 aliphatic rings. The van der Waals surface area contributed by atoms with Gasteiger partial charge in [-0.3, -0.25) is 0 Å². The van der Waals surface area contributed by atoms with Gasteiger partial charge in [0.25, 0.3) is 0 Å². The van der Waals surface area contributed by atoms with Crippen LogP contribution in [0.3, 0.4) is 0 Å². The molecule has 3 heteroatoms. The third-order valence-corrected chi connectivity index (χ3v) is 3.75. The fourth-order valence-corrected chi connectivity index (χ4v) is 2.47. The van der Waals surface area contributed by atoms with E-state index < -0.39 is 5.97 Å². The Hall–Kier alpha value is -2.55. The van der Waals surface area contributed by atoms with Gasteiger partial charge in [0.1, 0.15) is 0 Å². The number of aryl methyl sites for hydroxylation is 2. The number of rotatable bonds is 2. The lowest BCUT2D eigenvalue weighted by atomic mass is 10.0. The predicted molar refractivity (Wildman–Crippen MR) is 80.1 cm³/mol. The lowest BCUT2D eigenvalue weighted by molar-refractivity contribution is 0.0697. The molecular weight excluding hydrogens is 250 g/mol. The van der Waals surface area contributed by atoms with E-state index in [1.54, 1.807) is 12.1 Å². The van der Waals surface area contributed by atoms with Crippen LogP contribution in [0.1, 0.15) is 16.1 Å². The molecule has 20 heavy (non-hydrogen) atoms. The smallest absolute Gasteiger partial charge is 0.335 e. The number of carboxylic acids is 1. The van der Waals surface area contributed by atoms with Gasteiger partial charge in [0.2, 0.25) is 0 Å². The van der Waals surface area contributed by atoms with E-state index in [2.05, 4.69) is 42.8 Å². The average Bonchev–Trinajstić information content (AvgIpc) is 2.74. The highest BCUT2D eigenvalue weighted by atomic mass is 16.4. The van der Waals surface area contributed by atoms with E-state index in [0.29, 0.717) is 5.56 Å². The summed E-state index contributed by atoms with van der Waals surface area (Å²) in [4.78, 5) is 10.9. The molecule has 100 valence electrons. The van der Waals surface area contributed by atoms with Crippen molar-refractivity contribution in [2.45, 2.75) is 6.92 Å². The molecule has 0 bridgehead atoms. The van der Waals surface area contributed by atoms with E-state index >= 15 is 0 Å². The molecule has 0 aliphatic carbocycles.